The molecule has 3 rings (SSSR count). The lowest BCUT2D eigenvalue weighted by Gasteiger charge is -2.35. The van der Waals surface area contributed by atoms with Crippen molar-refractivity contribution < 1.29 is 4.79 Å². The number of aromatic nitrogens is 2. The number of hydrogen-bond donors (Lipinski definition) is 1. The summed E-state index contributed by atoms with van der Waals surface area (Å²) in [5, 5.41) is 6.79. The van der Waals surface area contributed by atoms with Crippen molar-refractivity contribution in [2.75, 3.05) is 7.05 Å². The van der Waals surface area contributed by atoms with E-state index in [1.165, 1.54) is 22.7 Å². The molecule has 0 saturated heterocycles. The second-order valence-electron chi connectivity index (χ2n) is 5.00. The van der Waals surface area contributed by atoms with Crippen LogP contribution in [0.3, 0.4) is 0 Å². The fraction of sp³-hybridized carbons (Fsp3) is 0.357. The monoisotopic (exact) mass is 322 g/mol. The summed E-state index contributed by atoms with van der Waals surface area (Å²) < 4.78 is 4.44. The molecule has 1 aromatic carbocycles. The first-order valence-corrected chi connectivity index (χ1v) is 7.83. The molecule has 0 fully saturated rings. The zero-order valence-electron chi connectivity index (χ0n) is 11.5. The molecule has 110 valence electrons. The predicted octanol–water partition coefficient (Wildman–Crippen LogP) is 1.86. The van der Waals surface area contributed by atoms with Gasteiger partial charge in [-0.3, -0.25) is 9.69 Å². The number of nitrogens with one attached hydrogen (secondary N) is 1. The van der Waals surface area contributed by atoms with E-state index in [4.69, 9.17) is 11.6 Å². The number of carbonyl (C=O) groups excluding carboxylic acids is 1. The van der Waals surface area contributed by atoms with E-state index in [0.717, 1.165) is 5.69 Å². The third kappa shape index (κ3) is 2.92. The van der Waals surface area contributed by atoms with E-state index in [2.05, 4.69) is 31.9 Å². The SMILES string of the molecule is CNC(=O)[C@@H]1Cc2ccccc2CN1Cc1nnsc1Cl. The summed E-state index contributed by atoms with van der Waals surface area (Å²) in [4.78, 5) is 14.3. The summed E-state index contributed by atoms with van der Waals surface area (Å²) in [6.45, 7) is 1.24. The van der Waals surface area contributed by atoms with Crippen LogP contribution in [-0.4, -0.2) is 33.5 Å². The highest BCUT2D eigenvalue weighted by molar-refractivity contribution is 7.10. The van der Waals surface area contributed by atoms with Crippen molar-refractivity contribution in [3.8, 4) is 0 Å². The maximum atomic E-state index is 12.2. The van der Waals surface area contributed by atoms with Crippen LogP contribution in [0.15, 0.2) is 24.3 Å². The quantitative estimate of drug-likeness (QED) is 0.937. The molecular formula is C14H15ClN4OS. The van der Waals surface area contributed by atoms with Crippen molar-refractivity contribution in [1.82, 2.24) is 19.8 Å². The van der Waals surface area contributed by atoms with Crippen LogP contribution in [0.1, 0.15) is 16.8 Å². The van der Waals surface area contributed by atoms with E-state index >= 15 is 0 Å². The van der Waals surface area contributed by atoms with Crippen LogP contribution < -0.4 is 5.32 Å². The standard InChI is InChI=1S/C14H15ClN4OS/c1-16-14(20)12-6-9-4-2-3-5-10(9)7-19(12)8-11-13(15)21-18-17-11/h2-5,12H,6-8H2,1H3,(H,16,20)/t12-/m0/s1. The van der Waals surface area contributed by atoms with Crippen molar-refractivity contribution in [2.45, 2.75) is 25.6 Å². The largest absolute Gasteiger partial charge is 0.358 e. The Labute approximate surface area is 132 Å². The number of halogens is 1. The van der Waals surface area contributed by atoms with Crippen molar-refractivity contribution in [3.63, 3.8) is 0 Å². The van der Waals surface area contributed by atoms with E-state index in [-0.39, 0.29) is 11.9 Å². The Morgan fingerprint density at radius 3 is 2.90 bits per heavy atom. The van der Waals surface area contributed by atoms with E-state index in [9.17, 15) is 4.79 Å². The van der Waals surface area contributed by atoms with Gasteiger partial charge in [0.1, 0.15) is 10.0 Å². The lowest BCUT2D eigenvalue weighted by atomic mass is 9.93. The number of hydrogen-bond acceptors (Lipinski definition) is 5. The Morgan fingerprint density at radius 2 is 2.24 bits per heavy atom. The molecule has 1 aliphatic heterocycles. The van der Waals surface area contributed by atoms with Crippen molar-refractivity contribution in [3.05, 3.63) is 45.4 Å². The van der Waals surface area contributed by atoms with Crippen molar-refractivity contribution >= 4 is 29.0 Å². The molecule has 1 aromatic heterocycles. The lowest BCUT2D eigenvalue weighted by Crippen LogP contribution is -2.49. The number of carbonyl (C=O) groups is 1. The van der Waals surface area contributed by atoms with Gasteiger partial charge in [0.15, 0.2) is 0 Å². The third-order valence-corrected chi connectivity index (χ3v) is 4.74. The van der Waals surface area contributed by atoms with Gasteiger partial charge < -0.3 is 5.32 Å². The molecule has 2 aromatic rings. The Balaban J connectivity index is 1.89. The van der Waals surface area contributed by atoms with Crippen LogP contribution in [0.5, 0.6) is 0 Å². The summed E-state index contributed by atoms with van der Waals surface area (Å²) >= 11 is 7.26. The van der Waals surface area contributed by atoms with Gasteiger partial charge in [-0.2, -0.15) is 0 Å². The first kappa shape index (κ1) is 14.4. The zero-order valence-corrected chi connectivity index (χ0v) is 13.1. The molecule has 5 nitrogen and oxygen atoms in total. The maximum Gasteiger partial charge on any atom is 0.237 e. The molecule has 0 aliphatic carbocycles. The highest BCUT2D eigenvalue weighted by Crippen LogP contribution is 2.27. The highest BCUT2D eigenvalue weighted by Gasteiger charge is 2.31. The minimum Gasteiger partial charge on any atom is -0.358 e. The van der Waals surface area contributed by atoms with Crippen LogP contribution in [0, 0.1) is 0 Å². The fourth-order valence-electron chi connectivity index (χ4n) is 2.65. The Bertz CT molecular complexity index is 660. The van der Waals surface area contributed by atoms with E-state index in [1.54, 1.807) is 7.05 Å². The molecule has 1 atom stereocenters. The molecule has 0 radical (unpaired) electrons. The van der Waals surface area contributed by atoms with Gasteiger partial charge in [-0.25, -0.2) is 0 Å². The van der Waals surface area contributed by atoms with Gasteiger partial charge in [0, 0.05) is 31.7 Å². The average Bonchev–Trinajstić information content (AvgIpc) is 2.91. The van der Waals surface area contributed by atoms with Gasteiger partial charge in [0.25, 0.3) is 0 Å². The topological polar surface area (TPSA) is 58.1 Å². The minimum absolute atomic E-state index is 0.0174. The number of amides is 1. The molecule has 0 saturated carbocycles. The molecule has 1 N–H and O–H groups in total. The number of fused-ring (bicyclic) bond motifs is 1. The van der Waals surface area contributed by atoms with Gasteiger partial charge >= 0.3 is 0 Å². The van der Waals surface area contributed by atoms with Gasteiger partial charge in [-0.15, -0.1) is 5.10 Å². The average molecular weight is 323 g/mol. The van der Waals surface area contributed by atoms with Gasteiger partial charge in [0.2, 0.25) is 5.91 Å². The summed E-state index contributed by atoms with van der Waals surface area (Å²) in [5.41, 5.74) is 3.21. The van der Waals surface area contributed by atoms with Gasteiger partial charge in [-0.05, 0) is 17.5 Å². The summed E-state index contributed by atoms with van der Waals surface area (Å²) in [7, 11) is 1.67. The minimum atomic E-state index is -0.206. The number of nitrogens with zero attached hydrogens (tertiary/aromatic N) is 3. The predicted molar refractivity (Wildman–Crippen MR) is 82.2 cm³/mol. The second-order valence-corrected chi connectivity index (χ2v) is 6.36. The summed E-state index contributed by atoms with van der Waals surface area (Å²) in [5.74, 6) is 0.0174. The first-order valence-electron chi connectivity index (χ1n) is 6.68. The summed E-state index contributed by atoms with van der Waals surface area (Å²) in [6, 6.07) is 8.01. The molecule has 2 heterocycles. The number of rotatable bonds is 3. The Hall–Kier alpha value is -1.50. The van der Waals surface area contributed by atoms with Crippen molar-refractivity contribution in [1.29, 1.82) is 0 Å². The highest BCUT2D eigenvalue weighted by atomic mass is 35.5. The smallest absolute Gasteiger partial charge is 0.237 e. The molecule has 21 heavy (non-hydrogen) atoms. The van der Waals surface area contributed by atoms with Crippen molar-refractivity contribution in [2.24, 2.45) is 0 Å². The Kier molecular flexibility index (Phi) is 4.19. The molecular weight excluding hydrogens is 308 g/mol. The first-order chi connectivity index (χ1) is 10.2. The van der Waals surface area contributed by atoms with Gasteiger partial charge in [0.05, 0.1) is 6.04 Å². The lowest BCUT2D eigenvalue weighted by molar-refractivity contribution is -0.126. The molecule has 0 spiro atoms. The second kappa shape index (κ2) is 6.09. The molecule has 0 unspecified atom stereocenters. The number of benzene rings is 1. The zero-order chi connectivity index (χ0) is 14.8. The number of likely N-dealkylation sites (N-methyl/N-ethyl adjacent to an activating group) is 1. The van der Waals surface area contributed by atoms with E-state index in [0.29, 0.717) is 23.8 Å². The maximum absolute atomic E-state index is 12.2. The normalized spacial score (nSPS) is 18.3. The van der Waals surface area contributed by atoms with Crippen LogP contribution in [0.4, 0.5) is 0 Å². The molecule has 1 aliphatic rings. The molecule has 1 amide bonds. The summed E-state index contributed by atoms with van der Waals surface area (Å²) in [6.07, 6.45) is 0.699. The third-order valence-electron chi connectivity index (χ3n) is 3.76. The van der Waals surface area contributed by atoms with Crippen LogP contribution >= 0.6 is 23.1 Å². The fourth-order valence-corrected chi connectivity index (χ4v) is 3.26. The Morgan fingerprint density at radius 1 is 1.48 bits per heavy atom. The van der Waals surface area contributed by atoms with Crippen LogP contribution in [-0.2, 0) is 24.3 Å². The van der Waals surface area contributed by atoms with E-state index in [1.807, 2.05) is 12.1 Å². The molecule has 7 heteroatoms. The van der Waals surface area contributed by atoms with Crippen LogP contribution in [0.2, 0.25) is 4.34 Å². The molecule has 0 bridgehead atoms. The van der Waals surface area contributed by atoms with E-state index < -0.39 is 0 Å². The van der Waals surface area contributed by atoms with Gasteiger partial charge in [-0.1, -0.05) is 40.4 Å². The van der Waals surface area contributed by atoms with Crippen LogP contribution in [0.25, 0.3) is 0 Å².